The summed E-state index contributed by atoms with van der Waals surface area (Å²) in [5, 5.41) is 6.13. The van der Waals surface area contributed by atoms with E-state index in [1.807, 2.05) is 27.7 Å². The highest BCUT2D eigenvalue weighted by molar-refractivity contribution is 6.66. The lowest BCUT2D eigenvalue weighted by molar-refractivity contribution is 0.174. The van der Waals surface area contributed by atoms with Crippen LogP contribution in [0.5, 0.6) is 0 Å². The number of nitrogens with zero attached hydrogens (tertiary/aromatic N) is 2. The van der Waals surface area contributed by atoms with Crippen molar-refractivity contribution in [2.45, 2.75) is 33.5 Å². The van der Waals surface area contributed by atoms with Crippen LogP contribution in [-0.2, 0) is 0 Å². The molecule has 0 aromatic heterocycles. The summed E-state index contributed by atoms with van der Waals surface area (Å²) in [5.74, 6) is -0.362. The van der Waals surface area contributed by atoms with Crippen LogP contribution < -0.4 is 16.4 Å². The molecule has 0 fully saturated rings. The zero-order valence-corrected chi connectivity index (χ0v) is 10.3. The van der Waals surface area contributed by atoms with Gasteiger partial charge in [0.2, 0.25) is 11.3 Å². The van der Waals surface area contributed by atoms with Gasteiger partial charge in [-0.25, -0.2) is 4.99 Å². The highest BCUT2D eigenvalue weighted by atomic mass is 35.5. The Labute approximate surface area is 95.2 Å². The number of nitrogens with one attached hydrogen (secondary N) is 2. The second-order valence-electron chi connectivity index (χ2n) is 4.49. The first kappa shape index (κ1) is 12.3. The molecule has 86 valence electrons. The van der Waals surface area contributed by atoms with Crippen LogP contribution in [0.2, 0.25) is 0 Å². The van der Waals surface area contributed by atoms with Gasteiger partial charge in [0.25, 0.3) is 0 Å². The maximum atomic E-state index is 6.14. The molecule has 0 saturated carbocycles. The van der Waals surface area contributed by atoms with Gasteiger partial charge in [-0.2, -0.15) is 0 Å². The van der Waals surface area contributed by atoms with Crippen molar-refractivity contribution >= 4 is 22.9 Å². The topological polar surface area (TPSA) is 74.8 Å². The van der Waals surface area contributed by atoms with E-state index in [0.29, 0.717) is 12.5 Å². The Morgan fingerprint density at radius 2 is 2.13 bits per heavy atom. The molecular formula is C9H18ClN5. The Balaban J connectivity index is 3.03. The zero-order valence-electron chi connectivity index (χ0n) is 9.56. The van der Waals surface area contributed by atoms with Gasteiger partial charge >= 0.3 is 0 Å². The first-order valence-corrected chi connectivity index (χ1v) is 5.30. The van der Waals surface area contributed by atoms with E-state index in [-0.39, 0.29) is 10.7 Å². The van der Waals surface area contributed by atoms with Crippen molar-refractivity contribution in [1.82, 2.24) is 10.6 Å². The minimum absolute atomic E-state index is 0.260. The predicted molar refractivity (Wildman–Crippen MR) is 63.9 cm³/mol. The van der Waals surface area contributed by atoms with E-state index in [2.05, 4.69) is 20.6 Å². The Bertz CT molecular complexity index is 304. The summed E-state index contributed by atoms with van der Waals surface area (Å²) in [7, 11) is 0. The SMILES string of the molecule is CCN=C1NC(Cl)=NC(N)(C(C)(C)C)N1. The molecular weight excluding hydrogens is 214 g/mol. The van der Waals surface area contributed by atoms with E-state index in [1.54, 1.807) is 0 Å². The second-order valence-corrected chi connectivity index (χ2v) is 4.85. The first-order chi connectivity index (χ1) is 6.78. The summed E-state index contributed by atoms with van der Waals surface area (Å²) in [6.07, 6.45) is 0. The molecule has 1 aliphatic heterocycles. The van der Waals surface area contributed by atoms with E-state index in [1.165, 1.54) is 0 Å². The van der Waals surface area contributed by atoms with E-state index in [9.17, 15) is 0 Å². The molecule has 0 radical (unpaired) electrons. The summed E-state index contributed by atoms with van der Waals surface area (Å²) in [5.41, 5.74) is 5.88. The molecule has 0 amide bonds. The fourth-order valence-electron chi connectivity index (χ4n) is 1.11. The summed E-state index contributed by atoms with van der Waals surface area (Å²) < 4.78 is 0. The quantitative estimate of drug-likeness (QED) is 0.585. The molecule has 4 N–H and O–H groups in total. The lowest BCUT2D eigenvalue weighted by Crippen LogP contribution is -2.68. The van der Waals surface area contributed by atoms with Crippen LogP contribution >= 0.6 is 11.6 Å². The van der Waals surface area contributed by atoms with E-state index in [0.717, 1.165) is 0 Å². The number of aliphatic imine (C=N–C) groups is 2. The van der Waals surface area contributed by atoms with Gasteiger partial charge in [0.05, 0.1) is 0 Å². The van der Waals surface area contributed by atoms with E-state index >= 15 is 0 Å². The van der Waals surface area contributed by atoms with Crippen molar-refractivity contribution in [3.63, 3.8) is 0 Å². The molecule has 1 atom stereocenters. The van der Waals surface area contributed by atoms with Gasteiger partial charge in [0, 0.05) is 12.0 Å². The molecule has 0 saturated heterocycles. The molecule has 0 bridgehead atoms. The third kappa shape index (κ3) is 2.60. The number of nitrogens with two attached hydrogens (primary N) is 1. The molecule has 0 aromatic carbocycles. The molecule has 1 aliphatic rings. The monoisotopic (exact) mass is 231 g/mol. The fourth-order valence-corrected chi connectivity index (χ4v) is 1.34. The summed E-state index contributed by atoms with van der Waals surface area (Å²) in [6.45, 7) is 8.55. The summed E-state index contributed by atoms with van der Waals surface area (Å²) >= 11 is 5.88. The highest BCUT2D eigenvalue weighted by Gasteiger charge is 2.41. The maximum Gasteiger partial charge on any atom is 0.201 e. The number of halogens is 1. The van der Waals surface area contributed by atoms with Crippen molar-refractivity contribution < 1.29 is 0 Å². The van der Waals surface area contributed by atoms with Crippen LogP contribution in [0.25, 0.3) is 0 Å². The number of guanidine groups is 1. The van der Waals surface area contributed by atoms with Gasteiger partial charge < -0.3 is 10.6 Å². The van der Waals surface area contributed by atoms with Crippen LogP contribution in [-0.4, -0.2) is 23.6 Å². The highest BCUT2D eigenvalue weighted by Crippen LogP contribution is 2.28. The molecule has 5 nitrogen and oxygen atoms in total. The molecule has 0 spiro atoms. The normalized spacial score (nSPS) is 29.5. The van der Waals surface area contributed by atoms with Gasteiger partial charge in [-0.15, -0.1) is 0 Å². The lowest BCUT2D eigenvalue weighted by atomic mass is 9.87. The molecule has 15 heavy (non-hydrogen) atoms. The number of hydrogen-bond donors (Lipinski definition) is 3. The fraction of sp³-hybridized carbons (Fsp3) is 0.778. The number of rotatable bonds is 1. The predicted octanol–water partition coefficient (Wildman–Crippen LogP) is 0.808. The third-order valence-electron chi connectivity index (χ3n) is 2.26. The minimum Gasteiger partial charge on any atom is -0.319 e. The second kappa shape index (κ2) is 3.98. The number of amidine groups is 1. The third-order valence-corrected chi connectivity index (χ3v) is 2.44. The van der Waals surface area contributed by atoms with Crippen LogP contribution in [0.3, 0.4) is 0 Å². The van der Waals surface area contributed by atoms with Crippen LogP contribution in [0.1, 0.15) is 27.7 Å². The average Bonchev–Trinajstić information content (AvgIpc) is 2.00. The van der Waals surface area contributed by atoms with Crippen molar-refractivity contribution in [2.75, 3.05) is 6.54 Å². The molecule has 0 aliphatic carbocycles. The van der Waals surface area contributed by atoms with E-state index in [4.69, 9.17) is 17.3 Å². The smallest absolute Gasteiger partial charge is 0.201 e. The van der Waals surface area contributed by atoms with Crippen molar-refractivity contribution in [3.8, 4) is 0 Å². The molecule has 1 heterocycles. The number of hydrogen-bond acceptors (Lipinski definition) is 3. The Kier molecular flexibility index (Phi) is 3.25. The lowest BCUT2D eigenvalue weighted by Gasteiger charge is -2.41. The Hall–Kier alpha value is -0.810. The zero-order chi connectivity index (χ0) is 11.7. The molecule has 1 rings (SSSR count). The van der Waals surface area contributed by atoms with E-state index < -0.39 is 5.79 Å². The van der Waals surface area contributed by atoms with Gasteiger partial charge in [-0.05, 0) is 18.5 Å². The van der Waals surface area contributed by atoms with Gasteiger partial charge in [-0.3, -0.25) is 10.7 Å². The Morgan fingerprint density at radius 1 is 1.53 bits per heavy atom. The average molecular weight is 232 g/mol. The van der Waals surface area contributed by atoms with Crippen LogP contribution in [0, 0.1) is 5.41 Å². The van der Waals surface area contributed by atoms with Gasteiger partial charge in [0.1, 0.15) is 0 Å². The standard InChI is InChI=1S/C9H18ClN5/c1-5-12-7-13-6(10)14-9(11,15-7)8(2,3)4/h5,11H2,1-4H3,(H2,12,13,14,15). The first-order valence-electron chi connectivity index (χ1n) is 4.92. The van der Waals surface area contributed by atoms with Gasteiger partial charge in [0.15, 0.2) is 5.79 Å². The minimum atomic E-state index is -0.927. The van der Waals surface area contributed by atoms with Crippen LogP contribution in [0.4, 0.5) is 0 Å². The maximum absolute atomic E-state index is 6.14. The van der Waals surface area contributed by atoms with Crippen LogP contribution in [0.15, 0.2) is 9.98 Å². The molecule has 6 heteroatoms. The molecule has 0 aromatic rings. The van der Waals surface area contributed by atoms with Crippen molar-refractivity contribution in [3.05, 3.63) is 0 Å². The van der Waals surface area contributed by atoms with Crippen molar-refractivity contribution in [1.29, 1.82) is 0 Å². The molecule has 1 unspecified atom stereocenters. The summed E-state index contributed by atoms with van der Waals surface area (Å²) in [6, 6.07) is 0. The summed E-state index contributed by atoms with van der Waals surface area (Å²) in [4.78, 5) is 8.37. The Morgan fingerprint density at radius 3 is 2.60 bits per heavy atom. The van der Waals surface area contributed by atoms with Crippen molar-refractivity contribution in [2.24, 2.45) is 21.1 Å². The van der Waals surface area contributed by atoms with Gasteiger partial charge in [-0.1, -0.05) is 20.8 Å². The largest absolute Gasteiger partial charge is 0.319 e.